The maximum Gasteiger partial charge on any atom is 0.247 e. The lowest BCUT2D eigenvalue weighted by Gasteiger charge is -2.37. The third-order valence-corrected chi connectivity index (χ3v) is 5.32. The summed E-state index contributed by atoms with van der Waals surface area (Å²) in [6.07, 6.45) is 0.0538. The molecular weight excluding hydrogens is 372 g/mol. The summed E-state index contributed by atoms with van der Waals surface area (Å²) < 4.78 is 0. The number of para-hydroxylation sites is 2. The van der Waals surface area contributed by atoms with E-state index in [1.54, 1.807) is 5.51 Å². The molecule has 2 heterocycles. The summed E-state index contributed by atoms with van der Waals surface area (Å²) in [7, 11) is 0. The fourth-order valence-electron chi connectivity index (χ4n) is 3.27. The molecule has 4 rings (SSSR count). The summed E-state index contributed by atoms with van der Waals surface area (Å²) in [6.45, 7) is 2.46. The van der Waals surface area contributed by atoms with Crippen LogP contribution in [0.2, 0.25) is 0 Å². The van der Waals surface area contributed by atoms with E-state index in [4.69, 9.17) is 0 Å². The molecule has 0 saturated carbocycles. The molecule has 1 aliphatic rings. The molecule has 2 amide bonds. The minimum atomic E-state index is -0.609. The fraction of sp³-hybridized carbons (Fsp3) is 0.190. The molecule has 0 fully saturated rings. The Morgan fingerprint density at radius 2 is 2.00 bits per heavy atom. The molecule has 142 valence electrons. The summed E-state index contributed by atoms with van der Waals surface area (Å²) in [4.78, 5) is 31.7. The number of amides is 2. The van der Waals surface area contributed by atoms with Crippen LogP contribution in [0.1, 0.15) is 17.7 Å². The van der Waals surface area contributed by atoms with Crippen molar-refractivity contribution in [3.63, 3.8) is 0 Å². The van der Waals surface area contributed by atoms with Gasteiger partial charge in [-0.15, -0.1) is 11.3 Å². The van der Waals surface area contributed by atoms with Gasteiger partial charge in [-0.25, -0.2) is 4.98 Å². The molecule has 2 aromatic carbocycles. The molecule has 3 aromatic rings. The molecule has 0 saturated heterocycles. The van der Waals surface area contributed by atoms with Crippen LogP contribution < -0.4 is 15.5 Å². The van der Waals surface area contributed by atoms with Crippen LogP contribution in [0.5, 0.6) is 0 Å². The van der Waals surface area contributed by atoms with Crippen molar-refractivity contribution in [2.24, 2.45) is 0 Å². The van der Waals surface area contributed by atoms with Crippen molar-refractivity contribution in [1.29, 1.82) is 0 Å². The van der Waals surface area contributed by atoms with Crippen molar-refractivity contribution >= 4 is 40.2 Å². The standard InChI is InChI=1S/C21H20N4O2S/c1-14-6-8-15(9-7-14)23-20(26)10-19-21(27)24-17-4-2-3-5-18(17)25(19)11-16-12-28-13-22-16/h2-9,12-13,19H,10-11H2,1H3,(H,23,26)(H,24,27). The van der Waals surface area contributed by atoms with Gasteiger partial charge in [0, 0.05) is 11.1 Å². The number of fused-ring (bicyclic) bond motifs is 1. The summed E-state index contributed by atoms with van der Waals surface area (Å²) in [5.41, 5.74) is 6.12. The Labute approximate surface area is 167 Å². The molecule has 6 nitrogen and oxygen atoms in total. The quantitative estimate of drug-likeness (QED) is 0.692. The van der Waals surface area contributed by atoms with Crippen LogP contribution in [0.25, 0.3) is 0 Å². The van der Waals surface area contributed by atoms with E-state index in [1.807, 2.05) is 65.7 Å². The van der Waals surface area contributed by atoms with Crippen molar-refractivity contribution < 1.29 is 9.59 Å². The number of carbonyl (C=O) groups excluding carboxylic acids is 2. The van der Waals surface area contributed by atoms with Crippen molar-refractivity contribution in [3.05, 3.63) is 70.7 Å². The minimum Gasteiger partial charge on any atom is -0.351 e. The monoisotopic (exact) mass is 392 g/mol. The first-order valence-corrected chi connectivity index (χ1v) is 9.94. The summed E-state index contributed by atoms with van der Waals surface area (Å²) in [5, 5.41) is 7.76. The number of anilines is 3. The number of thiazole rings is 1. The highest BCUT2D eigenvalue weighted by Gasteiger charge is 2.34. The van der Waals surface area contributed by atoms with Gasteiger partial charge in [0.25, 0.3) is 0 Å². The topological polar surface area (TPSA) is 74.3 Å². The Balaban J connectivity index is 1.57. The average Bonchev–Trinajstić information content (AvgIpc) is 3.19. The van der Waals surface area contributed by atoms with Gasteiger partial charge >= 0.3 is 0 Å². The number of carbonyl (C=O) groups is 2. The molecule has 0 radical (unpaired) electrons. The molecule has 7 heteroatoms. The number of hydrogen-bond acceptors (Lipinski definition) is 5. The van der Waals surface area contributed by atoms with Crippen LogP contribution in [-0.4, -0.2) is 22.8 Å². The highest BCUT2D eigenvalue weighted by molar-refractivity contribution is 7.07. The van der Waals surface area contributed by atoms with Crippen molar-refractivity contribution in [1.82, 2.24) is 4.98 Å². The third kappa shape index (κ3) is 3.89. The molecule has 1 aromatic heterocycles. The van der Waals surface area contributed by atoms with E-state index in [-0.39, 0.29) is 18.2 Å². The van der Waals surface area contributed by atoms with E-state index in [9.17, 15) is 9.59 Å². The van der Waals surface area contributed by atoms with E-state index in [0.29, 0.717) is 6.54 Å². The Morgan fingerprint density at radius 1 is 1.21 bits per heavy atom. The van der Waals surface area contributed by atoms with E-state index in [2.05, 4.69) is 15.6 Å². The number of nitrogens with zero attached hydrogens (tertiary/aromatic N) is 2. The Kier molecular flexibility index (Phi) is 5.08. The number of aromatic nitrogens is 1. The molecule has 1 aliphatic heterocycles. The Bertz CT molecular complexity index is 986. The minimum absolute atomic E-state index is 0.0538. The van der Waals surface area contributed by atoms with Crippen LogP contribution in [0, 0.1) is 6.92 Å². The second kappa shape index (κ2) is 7.82. The van der Waals surface area contributed by atoms with E-state index >= 15 is 0 Å². The van der Waals surface area contributed by atoms with Crippen LogP contribution in [0.4, 0.5) is 17.1 Å². The predicted octanol–water partition coefficient (Wildman–Crippen LogP) is 3.81. The van der Waals surface area contributed by atoms with Gasteiger partial charge in [-0.2, -0.15) is 0 Å². The highest BCUT2D eigenvalue weighted by atomic mass is 32.1. The molecule has 2 N–H and O–H groups in total. The maximum atomic E-state index is 12.8. The number of benzene rings is 2. The summed E-state index contributed by atoms with van der Waals surface area (Å²) >= 11 is 1.51. The highest BCUT2D eigenvalue weighted by Crippen LogP contribution is 2.34. The smallest absolute Gasteiger partial charge is 0.247 e. The molecular formula is C21H20N4O2S. The second-order valence-corrected chi connectivity index (χ2v) is 7.47. The van der Waals surface area contributed by atoms with Crippen LogP contribution >= 0.6 is 11.3 Å². The first-order chi connectivity index (χ1) is 13.6. The van der Waals surface area contributed by atoms with Gasteiger partial charge in [-0.1, -0.05) is 29.8 Å². The van der Waals surface area contributed by atoms with Gasteiger partial charge in [0.1, 0.15) is 6.04 Å². The van der Waals surface area contributed by atoms with Crippen LogP contribution in [-0.2, 0) is 16.1 Å². The van der Waals surface area contributed by atoms with E-state index in [1.165, 1.54) is 11.3 Å². The van der Waals surface area contributed by atoms with Gasteiger partial charge in [-0.05, 0) is 31.2 Å². The zero-order chi connectivity index (χ0) is 19.5. The lowest BCUT2D eigenvalue weighted by atomic mass is 10.0. The van der Waals surface area contributed by atoms with Gasteiger partial charge in [-0.3, -0.25) is 9.59 Å². The lowest BCUT2D eigenvalue weighted by Crippen LogP contribution is -2.49. The van der Waals surface area contributed by atoms with E-state index in [0.717, 1.165) is 28.3 Å². The fourth-order valence-corrected chi connectivity index (χ4v) is 3.82. The molecule has 28 heavy (non-hydrogen) atoms. The third-order valence-electron chi connectivity index (χ3n) is 4.68. The Morgan fingerprint density at radius 3 is 2.75 bits per heavy atom. The SMILES string of the molecule is Cc1ccc(NC(=O)CC2C(=O)Nc3ccccc3N2Cc2cscn2)cc1. The summed E-state index contributed by atoms with van der Waals surface area (Å²) in [6, 6.07) is 14.6. The van der Waals surface area contributed by atoms with Gasteiger partial charge in [0.2, 0.25) is 11.8 Å². The maximum absolute atomic E-state index is 12.8. The largest absolute Gasteiger partial charge is 0.351 e. The molecule has 0 aliphatic carbocycles. The summed E-state index contributed by atoms with van der Waals surface area (Å²) in [5.74, 6) is -0.389. The lowest BCUT2D eigenvalue weighted by molar-refractivity contribution is -0.122. The van der Waals surface area contributed by atoms with Crippen LogP contribution in [0.15, 0.2) is 59.4 Å². The van der Waals surface area contributed by atoms with Gasteiger partial charge in [0.15, 0.2) is 0 Å². The Hall–Kier alpha value is -3.19. The van der Waals surface area contributed by atoms with Crippen molar-refractivity contribution in [3.8, 4) is 0 Å². The van der Waals surface area contributed by atoms with Crippen LogP contribution in [0.3, 0.4) is 0 Å². The number of nitrogens with one attached hydrogen (secondary N) is 2. The zero-order valence-corrected chi connectivity index (χ0v) is 16.2. The molecule has 1 atom stereocenters. The molecule has 0 bridgehead atoms. The number of aryl methyl sites for hydroxylation is 1. The van der Waals surface area contributed by atoms with E-state index < -0.39 is 6.04 Å². The number of rotatable bonds is 5. The average molecular weight is 392 g/mol. The first-order valence-electron chi connectivity index (χ1n) is 9.00. The van der Waals surface area contributed by atoms with Crippen molar-refractivity contribution in [2.75, 3.05) is 15.5 Å². The molecule has 1 unspecified atom stereocenters. The second-order valence-electron chi connectivity index (χ2n) is 6.75. The van der Waals surface area contributed by atoms with Crippen molar-refractivity contribution in [2.45, 2.75) is 25.9 Å². The first kappa shape index (κ1) is 18.2. The van der Waals surface area contributed by atoms with Gasteiger partial charge < -0.3 is 15.5 Å². The normalized spacial score (nSPS) is 15.7. The zero-order valence-electron chi connectivity index (χ0n) is 15.4. The molecule has 0 spiro atoms. The van der Waals surface area contributed by atoms with Gasteiger partial charge in [0.05, 0.1) is 35.5 Å². The predicted molar refractivity (Wildman–Crippen MR) is 112 cm³/mol. The number of hydrogen-bond donors (Lipinski definition) is 2.